The standard InChI is InChI=1S/C9H10N2/c1-6-4-7-5-8(10)2-3-9(7)11-6/h5-6,11H,4,10H2,1H3. The molecule has 3 N–H and O–H groups in total. The lowest BCUT2D eigenvalue weighted by molar-refractivity contribution is 0.839. The smallest absolute Gasteiger partial charge is 0.0894 e. The summed E-state index contributed by atoms with van der Waals surface area (Å²) in [5.74, 6) is 0. The molecule has 1 aromatic rings. The molecule has 1 aliphatic heterocycles. The molecule has 56 valence electrons. The molecule has 11 heavy (non-hydrogen) atoms. The molecule has 0 radical (unpaired) electrons. The van der Waals surface area contributed by atoms with E-state index in [0.29, 0.717) is 11.7 Å². The molecule has 2 rings (SSSR count). The van der Waals surface area contributed by atoms with Crippen LogP contribution in [0.3, 0.4) is 0 Å². The summed E-state index contributed by atoms with van der Waals surface area (Å²) in [5, 5.41) is 3.28. The summed E-state index contributed by atoms with van der Waals surface area (Å²) < 4.78 is 0. The Morgan fingerprint density at radius 2 is 2.45 bits per heavy atom. The van der Waals surface area contributed by atoms with Crippen LogP contribution in [0.15, 0.2) is 6.07 Å². The quantitative estimate of drug-likeness (QED) is 0.577. The molecule has 0 saturated carbocycles. The summed E-state index contributed by atoms with van der Waals surface area (Å²) in [4.78, 5) is 0. The average molecular weight is 146 g/mol. The first kappa shape index (κ1) is 6.36. The van der Waals surface area contributed by atoms with Crippen molar-refractivity contribution >= 4 is 11.4 Å². The maximum atomic E-state index is 5.56. The second-order valence-electron chi connectivity index (χ2n) is 3.00. The first-order chi connectivity index (χ1) is 5.25. The van der Waals surface area contributed by atoms with Crippen molar-refractivity contribution in [3.63, 3.8) is 0 Å². The summed E-state index contributed by atoms with van der Waals surface area (Å²) in [6.45, 7) is 2.14. The van der Waals surface area contributed by atoms with Crippen molar-refractivity contribution in [2.45, 2.75) is 19.4 Å². The van der Waals surface area contributed by atoms with E-state index in [4.69, 9.17) is 5.73 Å². The Kier molecular flexibility index (Phi) is 1.19. The lowest BCUT2D eigenvalue weighted by atomic mass is 10.1. The zero-order valence-electron chi connectivity index (χ0n) is 6.44. The number of hydrogen-bond acceptors (Lipinski definition) is 2. The van der Waals surface area contributed by atoms with Crippen molar-refractivity contribution < 1.29 is 0 Å². The molecule has 1 unspecified atom stereocenters. The Balaban J connectivity index is 2.43. The summed E-state index contributed by atoms with van der Waals surface area (Å²) in [6.07, 6.45) is 1.05. The van der Waals surface area contributed by atoms with Crippen LogP contribution in [0.4, 0.5) is 11.4 Å². The van der Waals surface area contributed by atoms with Gasteiger partial charge in [0.15, 0.2) is 0 Å². The third-order valence-electron chi connectivity index (χ3n) is 1.90. The molecule has 0 fully saturated rings. The minimum Gasteiger partial charge on any atom is -0.392 e. The van der Waals surface area contributed by atoms with Gasteiger partial charge in [0, 0.05) is 6.04 Å². The van der Waals surface area contributed by atoms with E-state index >= 15 is 0 Å². The van der Waals surface area contributed by atoms with Crippen molar-refractivity contribution in [3.8, 4) is 0 Å². The topological polar surface area (TPSA) is 38.0 Å². The Bertz CT molecular complexity index is 281. The fourth-order valence-corrected chi connectivity index (χ4v) is 1.43. The van der Waals surface area contributed by atoms with Gasteiger partial charge in [-0.15, -0.1) is 0 Å². The van der Waals surface area contributed by atoms with Gasteiger partial charge in [-0.3, -0.25) is 0 Å². The van der Waals surface area contributed by atoms with Gasteiger partial charge >= 0.3 is 0 Å². The number of rotatable bonds is 0. The van der Waals surface area contributed by atoms with Gasteiger partial charge in [0.2, 0.25) is 0 Å². The van der Waals surface area contributed by atoms with Crippen molar-refractivity contribution in [3.05, 3.63) is 23.8 Å². The van der Waals surface area contributed by atoms with Crippen LogP contribution in [-0.4, -0.2) is 6.04 Å². The lowest BCUT2D eigenvalue weighted by Gasteiger charge is -1.98. The number of nitrogens with two attached hydrogens (primary N) is 1. The molecule has 0 spiro atoms. The van der Waals surface area contributed by atoms with Crippen molar-refractivity contribution in [1.82, 2.24) is 0 Å². The summed E-state index contributed by atoms with van der Waals surface area (Å²) in [5.41, 5.74) is 8.56. The molecule has 1 heterocycles. The number of nitrogens with one attached hydrogen (secondary N) is 1. The van der Waals surface area contributed by atoms with E-state index in [2.05, 4.69) is 24.4 Å². The van der Waals surface area contributed by atoms with Gasteiger partial charge in [0.25, 0.3) is 0 Å². The molecule has 0 aromatic heterocycles. The largest absolute Gasteiger partial charge is 0.392 e. The zero-order valence-corrected chi connectivity index (χ0v) is 6.44. The highest BCUT2D eigenvalue weighted by Crippen LogP contribution is 2.24. The van der Waals surface area contributed by atoms with Crippen LogP contribution < -0.4 is 11.1 Å². The van der Waals surface area contributed by atoms with Gasteiger partial charge in [0.05, 0.1) is 11.4 Å². The van der Waals surface area contributed by atoms with E-state index in [1.54, 1.807) is 0 Å². The van der Waals surface area contributed by atoms with Crippen LogP contribution in [0.25, 0.3) is 0 Å². The van der Waals surface area contributed by atoms with Gasteiger partial charge in [-0.25, -0.2) is 0 Å². The fraction of sp³-hybridized carbons (Fsp3) is 0.333. The molecule has 2 heteroatoms. The van der Waals surface area contributed by atoms with Crippen LogP contribution in [0, 0.1) is 12.1 Å². The maximum Gasteiger partial charge on any atom is 0.0894 e. The highest BCUT2D eigenvalue weighted by Gasteiger charge is 2.15. The van der Waals surface area contributed by atoms with E-state index in [0.717, 1.165) is 12.1 Å². The third kappa shape index (κ3) is 0.988. The summed E-state index contributed by atoms with van der Waals surface area (Å²) >= 11 is 0. The molecule has 0 aliphatic carbocycles. The molecule has 1 aliphatic rings. The summed E-state index contributed by atoms with van der Waals surface area (Å²) in [7, 11) is 0. The minimum atomic E-state index is 0.511. The Hall–Kier alpha value is -1.36. The molecule has 0 saturated heterocycles. The van der Waals surface area contributed by atoms with E-state index < -0.39 is 0 Å². The van der Waals surface area contributed by atoms with Gasteiger partial charge in [-0.05, 0) is 37.1 Å². The van der Waals surface area contributed by atoms with Gasteiger partial charge in [-0.1, -0.05) is 0 Å². The predicted octanol–water partition coefficient (Wildman–Crippen LogP) is 1.23. The van der Waals surface area contributed by atoms with Crippen LogP contribution in [0.1, 0.15) is 12.5 Å². The Labute approximate surface area is 66.4 Å². The van der Waals surface area contributed by atoms with E-state index in [1.165, 1.54) is 5.56 Å². The molecule has 1 aromatic carbocycles. The first-order valence-corrected chi connectivity index (χ1v) is 3.74. The van der Waals surface area contributed by atoms with Crippen LogP contribution in [0.2, 0.25) is 0 Å². The monoisotopic (exact) mass is 146 g/mol. The molecular formula is C9H10N2. The van der Waals surface area contributed by atoms with E-state index in [-0.39, 0.29) is 0 Å². The zero-order chi connectivity index (χ0) is 7.84. The third-order valence-corrected chi connectivity index (χ3v) is 1.90. The molecule has 2 nitrogen and oxygen atoms in total. The van der Waals surface area contributed by atoms with Crippen LogP contribution in [0.5, 0.6) is 0 Å². The van der Waals surface area contributed by atoms with E-state index in [9.17, 15) is 0 Å². The number of nitrogen functional groups attached to an aromatic ring is 1. The molecular weight excluding hydrogens is 136 g/mol. The SMILES string of the molecule is CC1Cc2cc(N)c#cc2N1. The average Bonchev–Trinajstić information content (AvgIpc) is 2.27. The molecule has 1 atom stereocenters. The number of hydrogen-bond donors (Lipinski definition) is 2. The second-order valence-corrected chi connectivity index (χ2v) is 3.00. The lowest BCUT2D eigenvalue weighted by Crippen LogP contribution is -2.08. The Morgan fingerprint density at radius 3 is 3.27 bits per heavy atom. The van der Waals surface area contributed by atoms with Crippen molar-refractivity contribution in [2.75, 3.05) is 11.1 Å². The highest BCUT2D eigenvalue weighted by molar-refractivity contribution is 5.58. The van der Waals surface area contributed by atoms with Gasteiger partial charge in [-0.2, -0.15) is 0 Å². The fourth-order valence-electron chi connectivity index (χ4n) is 1.43. The highest BCUT2D eigenvalue weighted by atomic mass is 14.9. The normalized spacial score (nSPS) is 20.3. The van der Waals surface area contributed by atoms with Crippen LogP contribution in [-0.2, 0) is 6.42 Å². The van der Waals surface area contributed by atoms with Crippen molar-refractivity contribution in [1.29, 1.82) is 0 Å². The van der Waals surface area contributed by atoms with Gasteiger partial charge < -0.3 is 11.1 Å². The number of fused-ring (bicyclic) bond motifs is 1. The van der Waals surface area contributed by atoms with Crippen molar-refractivity contribution in [2.24, 2.45) is 0 Å². The molecule has 0 bridgehead atoms. The maximum absolute atomic E-state index is 5.56. The van der Waals surface area contributed by atoms with Crippen LogP contribution >= 0.6 is 0 Å². The second kappa shape index (κ2) is 2.06. The first-order valence-electron chi connectivity index (χ1n) is 3.74. The Morgan fingerprint density at radius 1 is 1.64 bits per heavy atom. The summed E-state index contributed by atoms with van der Waals surface area (Å²) in [6, 6.07) is 8.30. The predicted molar refractivity (Wildman–Crippen MR) is 45.3 cm³/mol. The minimum absolute atomic E-state index is 0.511. The van der Waals surface area contributed by atoms with Gasteiger partial charge in [0.1, 0.15) is 0 Å². The van der Waals surface area contributed by atoms with E-state index in [1.807, 2.05) is 6.07 Å². The number of anilines is 2. The molecule has 0 amide bonds.